The maximum Gasteiger partial charge on any atom is 0.344 e. The molecule has 0 spiro atoms. The van der Waals surface area contributed by atoms with Gasteiger partial charge in [0.15, 0.2) is 11.7 Å². The molecule has 0 unspecified atom stereocenters. The number of carbonyl (C=O) groups is 1. The molecule has 0 bridgehead atoms. The third-order valence-electron chi connectivity index (χ3n) is 2.19. The van der Waals surface area contributed by atoms with Gasteiger partial charge in [-0.2, -0.15) is 4.99 Å². The highest BCUT2D eigenvalue weighted by Gasteiger charge is 2.12. The Morgan fingerprint density at radius 1 is 1.28 bits per heavy atom. The summed E-state index contributed by atoms with van der Waals surface area (Å²) in [6.45, 7) is 0. The summed E-state index contributed by atoms with van der Waals surface area (Å²) in [6.07, 6.45) is 0. The Morgan fingerprint density at radius 3 is 2.67 bits per heavy atom. The summed E-state index contributed by atoms with van der Waals surface area (Å²) >= 11 is 3.29. The van der Waals surface area contributed by atoms with Crippen LogP contribution < -0.4 is 17.1 Å². The molecule has 92 valence electrons. The highest BCUT2D eigenvalue weighted by atomic mass is 79.9. The normalized spacial score (nSPS) is 10.3. The summed E-state index contributed by atoms with van der Waals surface area (Å²) in [5, 5.41) is 0.925. The average molecular weight is 310 g/mol. The van der Waals surface area contributed by atoms with Crippen molar-refractivity contribution in [3.05, 3.63) is 44.9 Å². The van der Waals surface area contributed by atoms with Crippen molar-refractivity contribution in [3.63, 3.8) is 0 Å². The molecule has 7 heteroatoms. The predicted octanol–water partition coefficient (Wildman–Crippen LogP) is 0.969. The Labute approximate surface area is 109 Å². The molecule has 0 aliphatic rings. The second-order valence-electron chi connectivity index (χ2n) is 3.44. The quantitative estimate of drug-likeness (QED) is 0.602. The largest absolute Gasteiger partial charge is 0.417 e. The first-order chi connectivity index (χ1) is 8.49. The molecule has 2 aromatic rings. The Hall–Kier alpha value is -2.15. The maximum absolute atomic E-state index is 11.7. The van der Waals surface area contributed by atoms with Crippen molar-refractivity contribution >= 4 is 38.6 Å². The van der Waals surface area contributed by atoms with Gasteiger partial charge in [-0.25, -0.2) is 4.79 Å². The van der Waals surface area contributed by atoms with Gasteiger partial charge in [-0.1, -0.05) is 22.0 Å². The van der Waals surface area contributed by atoms with Gasteiger partial charge >= 0.3 is 11.5 Å². The standard InChI is InChI=1S/C11H8BrN3O3/c12-7-3-1-2-5-6(7)4-8(18-10(5)17)9(16)15-11(13)14/h1-4H,(H4,13,14,15,16). The van der Waals surface area contributed by atoms with Crippen LogP contribution in [-0.4, -0.2) is 11.9 Å². The van der Waals surface area contributed by atoms with Crippen LogP contribution in [0, 0.1) is 0 Å². The Morgan fingerprint density at radius 2 is 2.00 bits per heavy atom. The number of benzene rings is 1. The number of amides is 1. The number of nitrogens with two attached hydrogens (primary N) is 2. The summed E-state index contributed by atoms with van der Waals surface area (Å²) in [5.74, 6) is -1.41. The first-order valence-corrected chi connectivity index (χ1v) is 5.64. The summed E-state index contributed by atoms with van der Waals surface area (Å²) in [4.78, 5) is 26.6. The summed E-state index contributed by atoms with van der Waals surface area (Å²) in [6, 6.07) is 6.45. The van der Waals surface area contributed by atoms with E-state index >= 15 is 0 Å². The lowest BCUT2D eigenvalue weighted by molar-refractivity contribution is 0.0972. The molecule has 0 fully saturated rings. The number of carbonyl (C=O) groups excluding carboxylic acids is 1. The van der Waals surface area contributed by atoms with E-state index in [9.17, 15) is 9.59 Å². The minimum absolute atomic E-state index is 0.215. The van der Waals surface area contributed by atoms with Crippen LogP contribution in [0.25, 0.3) is 10.8 Å². The molecule has 4 N–H and O–H groups in total. The van der Waals surface area contributed by atoms with E-state index < -0.39 is 17.5 Å². The molecule has 0 aliphatic heterocycles. The minimum atomic E-state index is -0.801. The van der Waals surface area contributed by atoms with Crippen LogP contribution in [0.2, 0.25) is 0 Å². The molecule has 6 nitrogen and oxygen atoms in total. The zero-order valence-corrected chi connectivity index (χ0v) is 10.6. The molecular weight excluding hydrogens is 302 g/mol. The fraction of sp³-hybridized carbons (Fsp3) is 0. The zero-order chi connectivity index (χ0) is 13.3. The molecule has 1 heterocycles. The van der Waals surface area contributed by atoms with Gasteiger partial charge in [-0.05, 0) is 18.2 Å². The molecule has 2 rings (SSSR count). The second-order valence-corrected chi connectivity index (χ2v) is 4.30. The van der Waals surface area contributed by atoms with E-state index in [0.29, 0.717) is 15.2 Å². The van der Waals surface area contributed by atoms with Crippen LogP contribution in [0.15, 0.2) is 42.9 Å². The molecule has 1 aromatic heterocycles. The van der Waals surface area contributed by atoms with Gasteiger partial charge < -0.3 is 15.9 Å². The van der Waals surface area contributed by atoms with Gasteiger partial charge in [0.2, 0.25) is 0 Å². The first kappa shape index (κ1) is 12.3. The number of halogens is 1. The van der Waals surface area contributed by atoms with E-state index in [-0.39, 0.29) is 5.76 Å². The molecule has 1 amide bonds. The van der Waals surface area contributed by atoms with E-state index in [1.54, 1.807) is 18.2 Å². The highest BCUT2D eigenvalue weighted by Crippen LogP contribution is 2.22. The zero-order valence-electron chi connectivity index (χ0n) is 9.01. The monoisotopic (exact) mass is 309 g/mol. The van der Waals surface area contributed by atoms with Crippen LogP contribution >= 0.6 is 15.9 Å². The van der Waals surface area contributed by atoms with Gasteiger partial charge in [0.25, 0.3) is 0 Å². The number of nitrogens with zero attached hydrogens (tertiary/aromatic N) is 1. The lowest BCUT2D eigenvalue weighted by Gasteiger charge is -2.01. The van der Waals surface area contributed by atoms with Crippen molar-refractivity contribution in [2.45, 2.75) is 0 Å². The molecule has 0 saturated heterocycles. The van der Waals surface area contributed by atoms with E-state index in [1.807, 2.05) is 0 Å². The number of fused-ring (bicyclic) bond motifs is 1. The lowest BCUT2D eigenvalue weighted by atomic mass is 10.1. The van der Waals surface area contributed by atoms with Gasteiger partial charge in [0.05, 0.1) is 5.39 Å². The van der Waals surface area contributed by atoms with Crippen molar-refractivity contribution in [2.24, 2.45) is 16.5 Å². The number of aliphatic imine (C=N–C) groups is 1. The number of guanidine groups is 1. The molecule has 0 atom stereocenters. The highest BCUT2D eigenvalue weighted by molar-refractivity contribution is 9.10. The van der Waals surface area contributed by atoms with E-state index in [2.05, 4.69) is 20.9 Å². The predicted molar refractivity (Wildman–Crippen MR) is 70.3 cm³/mol. The van der Waals surface area contributed by atoms with Crippen molar-refractivity contribution in [1.82, 2.24) is 0 Å². The fourth-order valence-electron chi connectivity index (χ4n) is 1.45. The van der Waals surface area contributed by atoms with Gasteiger partial charge in [0, 0.05) is 9.86 Å². The molecule has 18 heavy (non-hydrogen) atoms. The Bertz CT molecular complexity index is 717. The Balaban J connectivity index is 2.70. The number of hydrogen-bond donors (Lipinski definition) is 2. The average Bonchev–Trinajstić information content (AvgIpc) is 2.29. The minimum Gasteiger partial charge on any atom is -0.417 e. The second kappa shape index (κ2) is 4.61. The molecule has 0 aliphatic carbocycles. The van der Waals surface area contributed by atoms with Crippen LogP contribution in [0.3, 0.4) is 0 Å². The van der Waals surface area contributed by atoms with Crippen molar-refractivity contribution < 1.29 is 9.21 Å². The van der Waals surface area contributed by atoms with Crippen molar-refractivity contribution in [2.75, 3.05) is 0 Å². The van der Waals surface area contributed by atoms with E-state index in [0.717, 1.165) is 0 Å². The van der Waals surface area contributed by atoms with Crippen molar-refractivity contribution in [1.29, 1.82) is 0 Å². The molecule has 0 radical (unpaired) electrons. The van der Waals surface area contributed by atoms with Gasteiger partial charge in [-0.15, -0.1) is 0 Å². The summed E-state index contributed by atoms with van der Waals surface area (Å²) in [5.41, 5.74) is 9.56. The molecular formula is C11H8BrN3O3. The number of rotatable bonds is 1. The van der Waals surface area contributed by atoms with Crippen LogP contribution in [0.4, 0.5) is 0 Å². The summed E-state index contributed by atoms with van der Waals surface area (Å²) in [7, 11) is 0. The molecule has 0 saturated carbocycles. The Kier molecular flexibility index (Phi) is 3.15. The van der Waals surface area contributed by atoms with Gasteiger partial charge in [0.1, 0.15) is 0 Å². The lowest BCUT2D eigenvalue weighted by Crippen LogP contribution is -2.24. The maximum atomic E-state index is 11.7. The first-order valence-electron chi connectivity index (χ1n) is 4.85. The van der Waals surface area contributed by atoms with Crippen molar-refractivity contribution in [3.8, 4) is 0 Å². The third-order valence-corrected chi connectivity index (χ3v) is 2.88. The van der Waals surface area contributed by atoms with Crippen LogP contribution in [0.5, 0.6) is 0 Å². The van der Waals surface area contributed by atoms with Crippen LogP contribution in [-0.2, 0) is 0 Å². The smallest absolute Gasteiger partial charge is 0.344 e. The topological polar surface area (TPSA) is 112 Å². The molecule has 1 aromatic carbocycles. The number of hydrogen-bond acceptors (Lipinski definition) is 3. The fourth-order valence-corrected chi connectivity index (χ4v) is 1.94. The van der Waals surface area contributed by atoms with Gasteiger partial charge in [-0.3, -0.25) is 4.79 Å². The SMILES string of the molecule is NC(N)=NC(=O)c1cc2c(Br)cccc2c(=O)o1. The third kappa shape index (κ3) is 2.25. The van der Waals surface area contributed by atoms with Crippen LogP contribution in [0.1, 0.15) is 10.6 Å². The van der Waals surface area contributed by atoms with E-state index in [4.69, 9.17) is 15.9 Å². The summed E-state index contributed by atoms with van der Waals surface area (Å²) < 4.78 is 5.54. The van der Waals surface area contributed by atoms with E-state index in [1.165, 1.54) is 6.07 Å².